The Bertz CT molecular complexity index is 287. The van der Waals surface area contributed by atoms with Crippen LogP contribution in [0.25, 0.3) is 0 Å². The molecule has 1 heterocycles. The van der Waals surface area contributed by atoms with Gasteiger partial charge in [0.15, 0.2) is 11.0 Å². The van der Waals surface area contributed by atoms with Crippen molar-refractivity contribution in [1.82, 2.24) is 9.97 Å². The van der Waals surface area contributed by atoms with E-state index in [0.29, 0.717) is 16.7 Å². The van der Waals surface area contributed by atoms with Gasteiger partial charge < -0.3 is 11.5 Å². The van der Waals surface area contributed by atoms with Gasteiger partial charge >= 0.3 is 0 Å². The fourth-order valence-electron chi connectivity index (χ4n) is 0.873. The van der Waals surface area contributed by atoms with E-state index in [2.05, 4.69) is 9.97 Å². The topological polar surface area (TPSA) is 77.8 Å². The third kappa shape index (κ3) is 1.61. The molecule has 1 aromatic heterocycles. The molecule has 0 atom stereocenters. The highest BCUT2D eigenvalue weighted by Gasteiger charge is 2.06. The van der Waals surface area contributed by atoms with Gasteiger partial charge in [-0.1, -0.05) is 18.7 Å². The lowest BCUT2D eigenvalue weighted by atomic mass is 10.3. The molecule has 0 spiro atoms. The molecule has 0 saturated heterocycles. The minimum Gasteiger partial charge on any atom is -0.394 e. The Morgan fingerprint density at radius 1 is 1.33 bits per heavy atom. The SMILES string of the molecule is CCc1nc(SC)nc(N)c1N. The van der Waals surface area contributed by atoms with Gasteiger partial charge in [0.1, 0.15) is 0 Å². The Morgan fingerprint density at radius 2 is 2.00 bits per heavy atom. The van der Waals surface area contributed by atoms with Gasteiger partial charge in [0.25, 0.3) is 0 Å². The predicted octanol–water partition coefficient (Wildman–Crippen LogP) is 0.925. The van der Waals surface area contributed by atoms with Crippen LogP contribution in [0.15, 0.2) is 5.16 Å². The molecule has 0 unspecified atom stereocenters. The molecule has 0 aromatic carbocycles. The highest BCUT2D eigenvalue weighted by atomic mass is 32.2. The van der Waals surface area contributed by atoms with Gasteiger partial charge in [0.05, 0.1) is 11.4 Å². The molecule has 1 rings (SSSR count). The second-order valence-electron chi connectivity index (χ2n) is 2.31. The van der Waals surface area contributed by atoms with Gasteiger partial charge in [-0.3, -0.25) is 0 Å². The van der Waals surface area contributed by atoms with Gasteiger partial charge in [0, 0.05) is 0 Å². The van der Waals surface area contributed by atoms with Crippen LogP contribution in [0.4, 0.5) is 11.5 Å². The van der Waals surface area contributed by atoms with E-state index < -0.39 is 0 Å². The van der Waals surface area contributed by atoms with E-state index >= 15 is 0 Å². The van der Waals surface area contributed by atoms with Crippen LogP contribution in [0.3, 0.4) is 0 Å². The van der Waals surface area contributed by atoms with Crippen LogP contribution in [0.1, 0.15) is 12.6 Å². The molecule has 4 N–H and O–H groups in total. The van der Waals surface area contributed by atoms with Crippen LogP contribution in [0.5, 0.6) is 0 Å². The summed E-state index contributed by atoms with van der Waals surface area (Å²) >= 11 is 1.46. The number of rotatable bonds is 2. The van der Waals surface area contributed by atoms with Crippen LogP contribution >= 0.6 is 11.8 Å². The first kappa shape index (κ1) is 9.12. The maximum Gasteiger partial charge on any atom is 0.189 e. The summed E-state index contributed by atoms with van der Waals surface area (Å²) in [7, 11) is 0. The Kier molecular flexibility index (Phi) is 2.75. The zero-order chi connectivity index (χ0) is 9.14. The van der Waals surface area contributed by atoms with Crippen LogP contribution in [-0.4, -0.2) is 16.2 Å². The van der Waals surface area contributed by atoms with E-state index in [9.17, 15) is 0 Å². The van der Waals surface area contributed by atoms with Crippen LogP contribution < -0.4 is 11.5 Å². The number of hydrogen-bond donors (Lipinski definition) is 2. The minimum absolute atomic E-state index is 0.381. The molecule has 0 fully saturated rings. The Balaban J connectivity index is 3.19. The molecule has 1 aromatic rings. The molecule has 0 bridgehead atoms. The number of anilines is 2. The quantitative estimate of drug-likeness (QED) is 0.528. The van der Waals surface area contributed by atoms with E-state index in [4.69, 9.17) is 11.5 Å². The van der Waals surface area contributed by atoms with Crippen LogP contribution in [-0.2, 0) is 6.42 Å². The van der Waals surface area contributed by atoms with Crippen molar-refractivity contribution < 1.29 is 0 Å². The summed E-state index contributed by atoms with van der Waals surface area (Å²) in [4.78, 5) is 8.22. The minimum atomic E-state index is 0.381. The number of nitrogen functional groups attached to an aromatic ring is 2. The van der Waals surface area contributed by atoms with Crippen LogP contribution in [0, 0.1) is 0 Å². The molecule has 0 amide bonds. The average Bonchev–Trinajstić information content (AvgIpc) is 2.09. The summed E-state index contributed by atoms with van der Waals surface area (Å²) in [5.74, 6) is 0.381. The Hall–Kier alpha value is -0.970. The van der Waals surface area contributed by atoms with E-state index in [1.54, 1.807) is 0 Å². The van der Waals surface area contributed by atoms with Gasteiger partial charge in [-0.15, -0.1) is 0 Å². The summed E-state index contributed by atoms with van der Waals surface area (Å²) < 4.78 is 0. The summed E-state index contributed by atoms with van der Waals surface area (Å²) in [6.45, 7) is 1.99. The fourth-order valence-corrected chi connectivity index (χ4v) is 1.26. The lowest BCUT2D eigenvalue weighted by molar-refractivity contribution is 0.904. The van der Waals surface area contributed by atoms with Crippen LogP contribution in [0.2, 0.25) is 0 Å². The van der Waals surface area contributed by atoms with Gasteiger partial charge in [-0.2, -0.15) is 0 Å². The molecule has 0 saturated carbocycles. The molecule has 4 nitrogen and oxygen atoms in total. The van der Waals surface area contributed by atoms with Crippen molar-refractivity contribution >= 4 is 23.3 Å². The normalized spacial score (nSPS) is 10.2. The van der Waals surface area contributed by atoms with E-state index in [1.807, 2.05) is 13.2 Å². The van der Waals surface area contributed by atoms with E-state index in [0.717, 1.165) is 12.1 Å². The molecule has 0 aliphatic carbocycles. The number of nitrogens with zero attached hydrogens (tertiary/aromatic N) is 2. The molecule has 5 heteroatoms. The lowest BCUT2D eigenvalue weighted by Crippen LogP contribution is -2.05. The summed E-state index contributed by atoms with van der Waals surface area (Å²) in [5, 5.41) is 0.679. The highest BCUT2D eigenvalue weighted by molar-refractivity contribution is 7.98. The molecule has 0 aliphatic heterocycles. The van der Waals surface area contributed by atoms with E-state index in [1.165, 1.54) is 11.8 Å². The maximum atomic E-state index is 5.66. The monoisotopic (exact) mass is 184 g/mol. The summed E-state index contributed by atoms with van der Waals surface area (Å²) in [5.41, 5.74) is 12.6. The first-order valence-corrected chi connectivity index (χ1v) is 4.87. The number of thioether (sulfide) groups is 1. The zero-order valence-corrected chi connectivity index (χ0v) is 7.98. The standard InChI is InChI=1S/C7H12N4S/c1-3-4-5(8)6(9)11-7(10-4)12-2/h3,8H2,1-2H3,(H2,9,10,11). The van der Waals surface area contributed by atoms with Crippen molar-refractivity contribution in [3.05, 3.63) is 5.69 Å². The largest absolute Gasteiger partial charge is 0.394 e. The first-order chi connectivity index (χ1) is 5.69. The smallest absolute Gasteiger partial charge is 0.189 e. The van der Waals surface area contributed by atoms with Gasteiger partial charge in [-0.25, -0.2) is 9.97 Å². The van der Waals surface area contributed by atoms with Gasteiger partial charge in [-0.05, 0) is 12.7 Å². The second kappa shape index (κ2) is 3.62. The number of aryl methyl sites for hydroxylation is 1. The predicted molar refractivity (Wildman–Crippen MR) is 52.0 cm³/mol. The van der Waals surface area contributed by atoms with Crippen molar-refractivity contribution in [1.29, 1.82) is 0 Å². The zero-order valence-electron chi connectivity index (χ0n) is 7.16. The van der Waals surface area contributed by atoms with Crippen molar-refractivity contribution in [3.63, 3.8) is 0 Å². The third-order valence-electron chi connectivity index (χ3n) is 1.55. The molecule has 66 valence electrons. The number of hydrogen-bond acceptors (Lipinski definition) is 5. The van der Waals surface area contributed by atoms with Crippen molar-refractivity contribution in [2.45, 2.75) is 18.5 Å². The Labute approximate surface area is 75.8 Å². The van der Waals surface area contributed by atoms with Crippen molar-refractivity contribution in [2.24, 2.45) is 0 Å². The van der Waals surface area contributed by atoms with Gasteiger partial charge in [0.2, 0.25) is 0 Å². The number of aromatic nitrogens is 2. The second-order valence-corrected chi connectivity index (χ2v) is 3.08. The Morgan fingerprint density at radius 3 is 2.50 bits per heavy atom. The molecular weight excluding hydrogens is 172 g/mol. The summed E-state index contributed by atoms with van der Waals surface area (Å²) in [6, 6.07) is 0. The molecule has 12 heavy (non-hydrogen) atoms. The van der Waals surface area contributed by atoms with Crippen molar-refractivity contribution in [2.75, 3.05) is 17.7 Å². The fraction of sp³-hybridized carbons (Fsp3) is 0.429. The van der Waals surface area contributed by atoms with Crippen molar-refractivity contribution in [3.8, 4) is 0 Å². The third-order valence-corrected chi connectivity index (χ3v) is 2.10. The number of nitrogens with two attached hydrogens (primary N) is 2. The highest BCUT2D eigenvalue weighted by Crippen LogP contribution is 2.20. The summed E-state index contributed by atoms with van der Waals surface area (Å²) in [6.07, 6.45) is 2.69. The average molecular weight is 184 g/mol. The molecule has 0 radical (unpaired) electrons. The lowest BCUT2D eigenvalue weighted by Gasteiger charge is -2.05. The first-order valence-electron chi connectivity index (χ1n) is 3.64. The van der Waals surface area contributed by atoms with E-state index in [-0.39, 0.29) is 0 Å². The molecule has 0 aliphatic rings. The molecular formula is C7H12N4S. The maximum absolute atomic E-state index is 5.66.